The first-order chi connectivity index (χ1) is 10.6. The Morgan fingerprint density at radius 2 is 1.95 bits per heavy atom. The summed E-state index contributed by atoms with van der Waals surface area (Å²) < 4.78 is 4.93. The Hall–Kier alpha value is -2.10. The normalized spacial score (nSPS) is 11.7. The number of esters is 1. The minimum Gasteiger partial charge on any atom is -0.460 e. The zero-order valence-electron chi connectivity index (χ0n) is 12.2. The maximum absolute atomic E-state index is 11.6. The monoisotopic (exact) mass is 315 g/mol. The first-order valence-corrected chi connectivity index (χ1v) is 7.36. The maximum atomic E-state index is 11.6. The summed E-state index contributed by atoms with van der Waals surface area (Å²) in [7, 11) is 0. The van der Waals surface area contributed by atoms with E-state index in [4.69, 9.17) is 22.1 Å². The van der Waals surface area contributed by atoms with Crippen molar-refractivity contribution in [3.8, 4) is 11.1 Å². The molecule has 1 atom stereocenters. The first-order valence-electron chi connectivity index (χ1n) is 6.98. The molecule has 0 saturated heterocycles. The standard InChI is InChI=1S/C18H18ClNO2/c1-2-10-22-18(21)17(20)11-13-6-8-14(9-7-13)15-4-3-5-16(19)12-15/h2-9,12,17H,1,10-11,20H2. The van der Waals surface area contributed by atoms with Gasteiger partial charge in [-0.25, -0.2) is 0 Å². The van der Waals surface area contributed by atoms with Gasteiger partial charge in [-0.1, -0.05) is 60.7 Å². The lowest BCUT2D eigenvalue weighted by molar-refractivity contribution is -0.143. The largest absolute Gasteiger partial charge is 0.460 e. The molecule has 2 aromatic rings. The maximum Gasteiger partial charge on any atom is 0.323 e. The molecule has 0 aromatic heterocycles. The summed E-state index contributed by atoms with van der Waals surface area (Å²) in [6.07, 6.45) is 1.95. The van der Waals surface area contributed by atoms with Crippen LogP contribution >= 0.6 is 11.6 Å². The van der Waals surface area contributed by atoms with Crippen LogP contribution in [-0.2, 0) is 16.0 Å². The van der Waals surface area contributed by atoms with Crippen LogP contribution in [0.25, 0.3) is 11.1 Å². The van der Waals surface area contributed by atoms with Gasteiger partial charge in [0.25, 0.3) is 0 Å². The number of carbonyl (C=O) groups excluding carboxylic acids is 1. The zero-order chi connectivity index (χ0) is 15.9. The van der Waals surface area contributed by atoms with E-state index < -0.39 is 12.0 Å². The predicted molar refractivity (Wildman–Crippen MR) is 89.7 cm³/mol. The van der Waals surface area contributed by atoms with Gasteiger partial charge < -0.3 is 10.5 Å². The Morgan fingerprint density at radius 1 is 1.23 bits per heavy atom. The second-order valence-electron chi connectivity index (χ2n) is 4.94. The molecule has 0 aliphatic carbocycles. The lowest BCUT2D eigenvalue weighted by Crippen LogP contribution is -2.34. The van der Waals surface area contributed by atoms with E-state index in [-0.39, 0.29) is 6.61 Å². The van der Waals surface area contributed by atoms with E-state index in [9.17, 15) is 4.79 Å². The summed E-state index contributed by atoms with van der Waals surface area (Å²) in [5.41, 5.74) is 8.93. The van der Waals surface area contributed by atoms with E-state index >= 15 is 0 Å². The molecule has 0 aliphatic rings. The van der Waals surface area contributed by atoms with Crippen LogP contribution in [0.3, 0.4) is 0 Å². The lowest BCUT2D eigenvalue weighted by Gasteiger charge is -2.11. The van der Waals surface area contributed by atoms with Gasteiger partial charge in [0, 0.05) is 5.02 Å². The minimum atomic E-state index is -0.669. The van der Waals surface area contributed by atoms with Gasteiger partial charge in [0.15, 0.2) is 0 Å². The van der Waals surface area contributed by atoms with Gasteiger partial charge >= 0.3 is 5.97 Å². The Balaban J connectivity index is 2.03. The molecule has 2 rings (SSSR count). The third-order valence-electron chi connectivity index (χ3n) is 3.21. The Kier molecular flexibility index (Phi) is 5.75. The van der Waals surface area contributed by atoms with Gasteiger partial charge in [-0.15, -0.1) is 0 Å². The number of rotatable bonds is 6. The molecule has 0 bridgehead atoms. The summed E-state index contributed by atoms with van der Waals surface area (Å²) in [6, 6.07) is 14.9. The van der Waals surface area contributed by atoms with Crippen LogP contribution < -0.4 is 5.73 Å². The second kappa shape index (κ2) is 7.78. The number of hydrogen-bond donors (Lipinski definition) is 1. The van der Waals surface area contributed by atoms with Gasteiger partial charge in [-0.3, -0.25) is 4.79 Å². The van der Waals surface area contributed by atoms with Gasteiger partial charge in [-0.05, 0) is 35.2 Å². The fourth-order valence-electron chi connectivity index (χ4n) is 2.09. The quantitative estimate of drug-likeness (QED) is 0.654. The molecule has 22 heavy (non-hydrogen) atoms. The minimum absolute atomic E-state index is 0.181. The van der Waals surface area contributed by atoms with Crippen LogP contribution in [0.15, 0.2) is 61.2 Å². The number of benzene rings is 2. The first kappa shape index (κ1) is 16.3. The Morgan fingerprint density at radius 3 is 2.59 bits per heavy atom. The molecule has 0 amide bonds. The molecule has 114 valence electrons. The average molecular weight is 316 g/mol. The summed E-state index contributed by atoms with van der Waals surface area (Å²) >= 11 is 6.00. The fourth-order valence-corrected chi connectivity index (χ4v) is 2.28. The highest BCUT2D eigenvalue weighted by molar-refractivity contribution is 6.30. The number of carbonyl (C=O) groups is 1. The van der Waals surface area contributed by atoms with Crippen LogP contribution in [0, 0.1) is 0 Å². The van der Waals surface area contributed by atoms with Crippen LogP contribution in [0.5, 0.6) is 0 Å². The van der Waals surface area contributed by atoms with E-state index in [1.165, 1.54) is 6.08 Å². The Labute approximate surface area is 135 Å². The predicted octanol–water partition coefficient (Wildman–Crippen LogP) is 3.61. The van der Waals surface area contributed by atoms with Crippen molar-refractivity contribution >= 4 is 17.6 Å². The molecule has 0 fully saturated rings. The van der Waals surface area contributed by atoms with E-state index in [1.54, 1.807) is 0 Å². The lowest BCUT2D eigenvalue weighted by atomic mass is 10.0. The van der Waals surface area contributed by atoms with Crippen LogP contribution in [0.4, 0.5) is 0 Å². The molecule has 4 heteroatoms. The molecule has 2 aromatic carbocycles. The third-order valence-corrected chi connectivity index (χ3v) is 3.45. The van der Waals surface area contributed by atoms with Crippen molar-refractivity contribution < 1.29 is 9.53 Å². The number of nitrogens with two attached hydrogens (primary N) is 1. The fraction of sp³-hybridized carbons (Fsp3) is 0.167. The zero-order valence-corrected chi connectivity index (χ0v) is 12.9. The van der Waals surface area contributed by atoms with E-state index in [1.807, 2.05) is 48.5 Å². The molecule has 0 heterocycles. The van der Waals surface area contributed by atoms with Crippen LogP contribution in [0.1, 0.15) is 5.56 Å². The highest BCUT2D eigenvalue weighted by atomic mass is 35.5. The number of hydrogen-bond acceptors (Lipinski definition) is 3. The third kappa shape index (κ3) is 4.45. The van der Waals surface area contributed by atoms with E-state index in [0.717, 1.165) is 16.7 Å². The van der Waals surface area contributed by atoms with Crippen molar-refractivity contribution in [1.29, 1.82) is 0 Å². The molecule has 0 radical (unpaired) electrons. The number of halogens is 1. The van der Waals surface area contributed by atoms with Gasteiger partial charge in [0.05, 0.1) is 0 Å². The molecular formula is C18H18ClNO2. The van der Waals surface area contributed by atoms with Crippen molar-refractivity contribution in [3.05, 3.63) is 71.8 Å². The van der Waals surface area contributed by atoms with Gasteiger partial charge in [0.1, 0.15) is 12.6 Å². The molecule has 2 N–H and O–H groups in total. The molecule has 0 spiro atoms. The van der Waals surface area contributed by atoms with Crippen molar-refractivity contribution in [2.24, 2.45) is 5.73 Å². The van der Waals surface area contributed by atoms with Crippen molar-refractivity contribution in [1.82, 2.24) is 0 Å². The van der Waals surface area contributed by atoms with Crippen LogP contribution in [0.2, 0.25) is 5.02 Å². The molecule has 0 aliphatic heterocycles. The van der Waals surface area contributed by atoms with E-state index in [2.05, 4.69) is 6.58 Å². The Bertz CT molecular complexity index is 652. The number of ether oxygens (including phenoxy) is 1. The summed E-state index contributed by atoms with van der Waals surface area (Å²) in [5, 5.41) is 0.702. The summed E-state index contributed by atoms with van der Waals surface area (Å²) in [6.45, 7) is 3.67. The molecule has 1 unspecified atom stereocenters. The topological polar surface area (TPSA) is 52.3 Å². The van der Waals surface area contributed by atoms with E-state index in [0.29, 0.717) is 11.4 Å². The molecule has 0 saturated carbocycles. The second-order valence-corrected chi connectivity index (χ2v) is 5.37. The van der Waals surface area contributed by atoms with Gasteiger partial charge in [0.2, 0.25) is 0 Å². The van der Waals surface area contributed by atoms with Gasteiger partial charge in [-0.2, -0.15) is 0 Å². The summed E-state index contributed by atoms with van der Waals surface area (Å²) in [4.78, 5) is 11.6. The highest BCUT2D eigenvalue weighted by Gasteiger charge is 2.15. The average Bonchev–Trinajstić information content (AvgIpc) is 2.53. The van der Waals surface area contributed by atoms with Crippen LogP contribution in [-0.4, -0.2) is 18.6 Å². The smallest absolute Gasteiger partial charge is 0.323 e. The SMILES string of the molecule is C=CCOC(=O)C(N)Cc1ccc(-c2cccc(Cl)c2)cc1. The highest BCUT2D eigenvalue weighted by Crippen LogP contribution is 2.23. The van der Waals surface area contributed by atoms with Crippen molar-refractivity contribution in [2.45, 2.75) is 12.5 Å². The molecule has 3 nitrogen and oxygen atoms in total. The molecular weight excluding hydrogens is 298 g/mol. The van der Waals surface area contributed by atoms with Crippen molar-refractivity contribution in [3.63, 3.8) is 0 Å². The summed E-state index contributed by atoms with van der Waals surface area (Å²) in [5.74, 6) is -0.418. The van der Waals surface area contributed by atoms with Crippen molar-refractivity contribution in [2.75, 3.05) is 6.61 Å².